The van der Waals surface area contributed by atoms with Crippen molar-refractivity contribution in [3.8, 4) is 0 Å². The third kappa shape index (κ3) is 4.40. The molecular formula is C27H28FN7O5. The smallest absolute Gasteiger partial charge is 0.408 e. The zero-order valence-corrected chi connectivity index (χ0v) is 21.8. The summed E-state index contributed by atoms with van der Waals surface area (Å²) in [4.78, 5) is 56.8. The van der Waals surface area contributed by atoms with Crippen LogP contribution in [-0.4, -0.2) is 50.9 Å². The van der Waals surface area contributed by atoms with Crippen LogP contribution in [-0.2, 0) is 11.3 Å². The molecular weight excluding hydrogens is 521 g/mol. The fourth-order valence-corrected chi connectivity index (χ4v) is 6.09. The predicted molar refractivity (Wildman–Crippen MR) is 140 cm³/mol. The highest BCUT2D eigenvalue weighted by Crippen LogP contribution is 2.56. The summed E-state index contributed by atoms with van der Waals surface area (Å²) < 4.78 is 20.6. The van der Waals surface area contributed by atoms with Crippen molar-refractivity contribution < 1.29 is 23.2 Å². The highest BCUT2D eigenvalue weighted by atomic mass is 19.1. The monoisotopic (exact) mass is 549 g/mol. The minimum atomic E-state index is -0.762. The Morgan fingerprint density at radius 3 is 2.55 bits per heavy atom. The molecule has 2 bridgehead atoms. The Hall–Kier alpha value is -4.55. The molecule has 3 aliphatic rings. The number of hydrogen-bond donors (Lipinski definition) is 4. The summed E-state index contributed by atoms with van der Waals surface area (Å²) in [6, 6.07) is 6.26. The Morgan fingerprint density at radius 1 is 1.07 bits per heavy atom. The number of fused-ring (bicyclic) bond motifs is 5. The number of hydrogen-bond acceptors (Lipinski definition) is 7. The van der Waals surface area contributed by atoms with Gasteiger partial charge in [0.2, 0.25) is 5.91 Å². The first-order chi connectivity index (χ1) is 19.2. The lowest BCUT2D eigenvalue weighted by Crippen LogP contribution is -2.52. The van der Waals surface area contributed by atoms with Crippen LogP contribution in [0.25, 0.3) is 16.7 Å². The van der Waals surface area contributed by atoms with E-state index in [2.05, 4.69) is 31.0 Å². The summed E-state index contributed by atoms with van der Waals surface area (Å²) in [5, 5.41) is 12.4. The first kappa shape index (κ1) is 25.7. The maximum absolute atomic E-state index is 14.5. The number of benzene rings is 1. The number of H-pyrrole nitrogens is 1. The molecule has 208 valence electrons. The van der Waals surface area contributed by atoms with Gasteiger partial charge >= 0.3 is 5.76 Å². The Kier molecular flexibility index (Phi) is 6.15. The van der Waals surface area contributed by atoms with Gasteiger partial charge in [-0.2, -0.15) is 5.10 Å². The van der Waals surface area contributed by atoms with Gasteiger partial charge in [-0.1, -0.05) is 6.07 Å². The molecule has 0 aliphatic heterocycles. The number of nitrogens with zero attached hydrogens (tertiary/aromatic N) is 3. The lowest BCUT2D eigenvalue weighted by atomic mass is 9.53. The zero-order chi connectivity index (χ0) is 28.1. The van der Waals surface area contributed by atoms with E-state index in [4.69, 9.17) is 4.42 Å². The van der Waals surface area contributed by atoms with Crippen LogP contribution in [0.15, 0.2) is 39.7 Å². The lowest BCUT2D eigenvalue weighted by molar-refractivity contribution is -0.139. The van der Waals surface area contributed by atoms with E-state index in [0.717, 1.165) is 49.2 Å². The topological polar surface area (TPSA) is 163 Å². The molecule has 12 nitrogen and oxygen atoms in total. The van der Waals surface area contributed by atoms with Gasteiger partial charge in [-0.05, 0) is 61.6 Å². The van der Waals surface area contributed by atoms with Gasteiger partial charge in [0.1, 0.15) is 11.4 Å². The number of amides is 3. The Bertz CT molecular complexity index is 1700. The summed E-state index contributed by atoms with van der Waals surface area (Å²) in [6.07, 6.45) is 5.76. The van der Waals surface area contributed by atoms with E-state index in [1.54, 1.807) is 25.2 Å². The van der Waals surface area contributed by atoms with Crippen LogP contribution in [0.2, 0.25) is 0 Å². The minimum Gasteiger partial charge on any atom is -0.408 e. The second-order valence-corrected chi connectivity index (χ2v) is 10.8. The van der Waals surface area contributed by atoms with Crippen molar-refractivity contribution in [3.63, 3.8) is 0 Å². The molecule has 3 fully saturated rings. The van der Waals surface area contributed by atoms with E-state index in [9.17, 15) is 23.6 Å². The molecule has 0 unspecified atom stereocenters. The van der Waals surface area contributed by atoms with Crippen molar-refractivity contribution in [1.29, 1.82) is 0 Å². The number of aromatic nitrogens is 4. The minimum absolute atomic E-state index is 0.0147. The molecule has 3 aromatic heterocycles. The Labute approximate surface area is 226 Å². The Balaban J connectivity index is 1.17. The van der Waals surface area contributed by atoms with E-state index in [0.29, 0.717) is 23.2 Å². The Morgan fingerprint density at radius 2 is 1.82 bits per heavy atom. The van der Waals surface area contributed by atoms with E-state index >= 15 is 0 Å². The van der Waals surface area contributed by atoms with E-state index in [-0.39, 0.29) is 40.3 Å². The van der Waals surface area contributed by atoms with Crippen molar-refractivity contribution in [3.05, 3.63) is 63.8 Å². The maximum Gasteiger partial charge on any atom is 0.417 e. The summed E-state index contributed by atoms with van der Waals surface area (Å²) in [7, 11) is 1.67. The summed E-state index contributed by atoms with van der Waals surface area (Å²) >= 11 is 0. The van der Waals surface area contributed by atoms with Crippen molar-refractivity contribution in [1.82, 2.24) is 35.5 Å². The molecule has 0 atom stereocenters. The summed E-state index contributed by atoms with van der Waals surface area (Å²) in [6.45, 7) is 0.502. The molecule has 0 radical (unpaired) electrons. The zero-order valence-electron chi connectivity index (χ0n) is 21.8. The van der Waals surface area contributed by atoms with E-state index in [1.807, 2.05) is 0 Å². The molecule has 3 amide bonds. The highest BCUT2D eigenvalue weighted by Gasteiger charge is 2.52. The van der Waals surface area contributed by atoms with Gasteiger partial charge in [-0.3, -0.25) is 19.4 Å². The van der Waals surface area contributed by atoms with Crippen LogP contribution < -0.4 is 21.7 Å². The predicted octanol–water partition coefficient (Wildman–Crippen LogP) is 2.05. The van der Waals surface area contributed by atoms with Gasteiger partial charge < -0.3 is 20.4 Å². The molecule has 3 aliphatic carbocycles. The largest absolute Gasteiger partial charge is 0.417 e. The lowest BCUT2D eigenvalue weighted by Gasteiger charge is -2.52. The average molecular weight is 550 g/mol. The first-order valence-electron chi connectivity index (χ1n) is 13.2. The SMILES string of the molecule is CNC(=O)C12CCC(CNC(=O)c3cc(C(=O)NCc4ccc5oc(=O)[nH]c5c4)nc4c(F)cnn34)(CC1)CC2. The second-order valence-electron chi connectivity index (χ2n) is 10.8. The van der Waals surface area contributed by atoms with E-state index < -0.39 is 23.4 Å². The van der Waals surface area contributed by atoms with Gasteiger partial charge in [0.25, 0.3) is 11.8 Å². The van der Waals surface area contributed by atoms with Crippen LogP contribution >= 0.6 is 0 Å². The number of carbonyl (C=O) groups excluding carboxylic acids is 3. The fraction of sp³-hybridized carbons (Fsp3) is 0.407. The molecule has 1 aromatic carbocycles. The van der Waals surface area contributed by atoms with Gasteiger partial charge in [0.15, 0.2) is 17.0 Å². The highest BCUT2D eigenvalue weighted by molar-refractivity contribution is 5.98. The van der Waals surface area contributed by atoms with Crippen LogP contribution in [0.4, 0.5) is 4.39 Å². The van der Waals surface area contributed by atoms with Crippen molar-refractivity contribution >= 4 is 34.5 Å². The summed E-state index contributed by atoms with van der Waals surface area (Å²) in [5.41, 5.74) is 0.767. The van der Waals surface area contributed by atoms with E-state index in [1.165, 1.54) is 6.07 Å². The molecule has 0 spiro atoms. The molecule has 0 saturated heterocycles. The van der Waals surface area contributed by atoms with Crippen molar-refractivity contribution in [2.45, 2.75) is 45.1 Å². The van der Waals surface area contributed by atoms with Crippen LogP contribution in [0.3, 0.4) is 0 Å². The van der Waals surface area contributed by atoms with Crippen LogP contribution in [0, 0.1) is 16.6 Å². The molecule has 3 saturated carbocycles. The molecule has 40 heavy (non-hydrogen) atoms. The molecule has 7 rings (SSSR count). The number of halogens is 1. The second kappa shape index (κ2) is 9.57. The van der Waals surface area contributed by atoms with Crippen molar-refractivity contribution in [2.75, 3.05) is 13.6 Å². The third-order valence-corrected chi connectivity index (χ3v) is 8.56. The average Bonchev–Trinajstić information content (AvgIpc) is 3.55. The molecule has 3 heterocycles. The number of carbonyl (C=O) groups is 3. The van der Waals surface area contributed by atoms with Crippen molar-refractivity contribution in [2.24, 2.45) is 10.8 Å². The number of aromatic amines is 1. The number of oxazole rings is 1. The number of rotatable bonds is 7. The standard InChI is InChI=1S/C27H28FN7O5/c1-29-24(38)27-7-4-26(5-8-27,6-9-27)14-31-23(37)19-11-18(33-21-16(28)13-32-35(19)21)22(36)30-12-15-2-3-20-17(10-15)34-25(39)40-20/h2-3,10-11,13H,4-9,12,14H2,1H3,(H,29,38)(H,30,36)(H,31,37)(H,34,39). The first-order valence-corrected chi connectivity index (χ1v) is 13.2. The molecule has 4 N–H and O–H groups in total. The van der Waals surface area contributed by atoms with Crippen LogP contribution in [0.1, 0.15) is 65.1 Å². The van der Waals surface area contributed by atoms with Gasteiger partial charge in [0.05, 0.1) is 11.7 Å². The normalized spacial score (nSPS) is 21.9. The van der Waals surface area contributed by atoms with Gasteiger partial charge in [-0.25, -0.2) is 18.7 Å². The maximum atomic E-state index is 14.5. The van der Waals surface area contributed by atoms with Gasteiger partial charge in [0, 0.05) is 31.6 Å². The van der Waals surface area contributed by atoms with Crippen LogP contribution in [0.5, 0.6) is 0 Å². The number of nitrogens with one attached hydrogen (secondary N) is 4. The fourth-order valence-electron chi connectivity index (χ4n) is 6.09. The summed E-state index contributed by atoms with van der Waals surface area (Å²) in [5.74, 6) is -2.36. The molecule has 4 aromatic rings. The third-order valence-electron chi connectivity index (χ3n) is 8.56. The van der Waals surface area contributed by atoms with Gasteiger partial charge in [-0.15, -0.1) is 0 Å². The quantitative estimate of drug-likeness (QED) is 0.274. The molecule has 13 heteroatoms.